The van der Waals surface area contributed by atoms with Crippen molar-refractivity contribution >= 4 is 11.7 Å². The van der Waals surface area contributed by atoms with Crippen molar-refractivity contribution in [2.24, 2.45) is 0 Å². The zero-order valence-corrected chi connectivity index (χ0v) is 11.7. The van der Waals surface area contributed by atoms with Crippen molar-refractivity contribution in [1.82, 2.24) is 5.32 Å². The number of esters is 1. The third-order valence-corrected chi connectivity index (χ3v) is 2.70. The van der Waals surface area contributed by atoms with E-state index >= 15 is 0 Å². The quantitative estimate of drug-likeness (QED) is 0.342. The zero-order chi connectivity index (χ0) is 14.3. The fraction of sp³-hybridized carbons (Fsp3) is 0.500. The highest BCUT2D eigenvalue weighted by Gasteiger charge is 2.13. The number of rotatable bonds is 7. The topological polar surface area (TPSA) is 73.6 Å². The Morgan fingerprint density at radius 2 is 2.21 bits per heavy atom. The Labute approximate surface area is 114 Å². The summed E-state index contributed by atoms with van der Waals surface area (Å²) in [5.41, 5.74) is 6.77. The summed E-state index contributed by atoms with van der Waals surface area (Å²) in [7, 11) is 1.72. The number of hydrogen-bond donors (Lipinski definition) is 2. The van der Waals surface area contributed by atoms with Crippen molar-refractivity contribution in [1.29, 1.82) is 0 Å². The zero-order valence-electron chi connectivity index (χ0n) is 11.7. The van der Waals surface area contributed by atoms with Crippen LogP contribution in [0.2, 0.25) is 0 Å². The SMILES string of the molecule is CCCCOc1cc(C(=O)OC(C)NC)ccc1N. The van der Waals surface area contributed by atoms with Gasteiger partial charge in [0, 0.05) is 0 Å². The first-order valence-electron chi connectivity index (χ1n) is 6.49. The molecule has 5 nitrogen and oxygen atoms in total. The molecular weight excluding hydrogens is 244 g/mol. The van der Waals surface area contributed by atoms with E-state index in [4.69, 9.17) is 15.2 Å². The van der Waals surface area contributed by atoms with Gasteiger partial charge >= 0.3 is 5.97 Å². The summed E-state index contributed by atoms with van der Waals surface area (Å²) in [6, 6.07) is 4.91. The lowest BCUT2D eigenvalue weighted by atomic mass is 10.2. The molecule has 0 fully saturated rings. The minimum Gasteiger partial charge on any atom is -0.491 e. The van der Waals surface area contributed by atoms with Gasteiger partial charge in [-0.1, -0.05) is 13.3 Å². The maximum atomic E-state index is 11.8. The molecule has 3 N–H and O–H groups in total. The van der Waals surface area contributed by atoms with E-state index in [-0.39, 0.29) is 6.23 Å². The summed E-state index contributed by atoms with van der Waals surface area (Å²) in [4.78, 5) is 11.8. The maximum absolute atomic E-state index is 11.8. The minimum absolute atomic E-state index is 0.338. The summed E-state index contributed by atoms with van der Waals surface area (Å²) in [5, 5.41) is 2.83. The maximum Gasteiger partial charge on any atom is 0.339 e. The molecule has 0 aliphatic rings. The predicted molar refractivity (Wildman–Crippen MR) is 75.2 cm³/mol. The van der Waals surface area contributed by atoms with Gasteiger partial charge in [0.25, 0.3) is 0 Å². The molecule has 1 aromatic rings. The molecule has 0 bridgehead atoms. The van der Waals surface area contributed by atoms with Crippen LogP contribution in [0.4, 0.5) is 5.69 Å². The molecule has 1 rings (SSSR count). The molecule has 5 heteroatoms. The van der Waals surface area contributed by atoms with E-state index in [1.165, 1.54) is 0 Å². The number of nitrogens with two attached hydrogens (primary N) is 1. The Morgan fingerprint density at radius 1 is 1.47 bits per heavy atom. The van der Waals surface area contributed by atoms with Gasteiger partial charge in [-0.2, -0.15) is 0 Å². The third kappa shape index (κ3) is 4.79. The van der Waals surface area contributed by atoms with Gasteiger partial charge in [0.2, 0.25) is 0 Å². The molecule has 0 amide bonds. The van der Waals surface area contributed by atoms with E-state index in [2.05, 4.69) is 12.2 Å². The number of carbonyl (C=O) groups excluding carboxylic acids is 1. The smallest absolute Gasteiger partial charge is 0.339 e. The Bertz CT molecular complexity index is 421. The Balaban J connectivity index is 2.74. The molecule has 0 aromatic heterocycles. The number of ether oxygens (including phenoxy) is 2. The van der Waals surface area contributed by atoms with Crippen LogP contribution in [0.1, 0.15) is 37.0 Å². The van der Waals surface area contributed by atoms with Crippen molar-refractivity contribution in [2.45, 2.75) is 32.9 Å². The summed E-state index contributed by atoms with van der Waals surface area (Å²) >= 11 is 0. The summed E-state index contributed by atoms with van der Waals surface area (Å²) < 4.78 is 10.7. The van der Waals surface area contributed by atoms with Crippen LogP contribution >= 0.6 is 0 Å². The van der Waals surface area contributed by atoms with E-state index in [1.54, 1.807) is 32.2 Å². The van der Waals surface area contributed by atoms with Gasteiger partial charge in [-0.15, -0.1) is 0 Å². The molecule has 19 heavy (non-hydrogen) atoms. The molecule has 0 saturated heterocycles. The fourth-order valence-electron chi connectivity index (χ4n) is 1.40. The Hall–Kier alpha value is -1.75. The molecule has 1 atom stereocenters. The van der Waals surface area contributed by atoms with E-state index in [0.29, 0.717) is 23.6 Å². The van der Waals surface area contributed by atoms with E-state index in [0.717, 1.165) is 12.8 Å². The standard InChI is InChI=1S/C14H22N2O3/c1-4-5-8-18-13-9-11(6-7-12(13)15)14(17)19-10(2)16-3/h6-7,9-10,16H,4-5,8,15H2,1-3H3. The monoisotopic (exact) mass is 266 g/mol. The molecule has 0 heterocycles. The highest BCUT2D eigenvalue weighted by molar-refractivity contribution is 5.90. The molecule has 0 spiro atoms. The van der Waals surface area contributed by atoms with Crippen LogP contribution in [0.15, 0.2) is 18.2 Å². The van der Waals surface area contributed by atoms with Gasteiger partial charge in [0.05, 0.1) is 17.9 Å². The molecule has 106 valence electrons. The van der Waals surface area contributed by atoms with Crippen LogP contribution in [-0.4, -0.2) is 25.9 Å². The van der Waals surface area contributed by atoms with Gasteiger partial charge in [-0.3, -0.25) is 5.32 Å². The first-order valence-corrected chi connectivity index (χ1v) is 6.49. The lowest BCUT2D eigenvalue weighted by molar-refractivity contribution is 0.0284. The normalized spacial score (nSPS) is 11.9. The van der Waals surface area contributed by atoms with E-state index in [1.807, 2.05) is 0 Å². The number of anilines is 1. The lowest BCUT2D eigenvalue weighted by Gasteiger charge is -2.13. The summed E-state index contributed by atoms with van der Waals surface area (Å²) in [5.74, 6) is 0.127. The molecule has 0 aliphatic carbocycles. The molecule has 0 aliphatic heterocycles. The second-order valence-electron chi connectivity index (χ2n) is 4.29. The minimum atomic E-state index is -0.401. The molecular formula is C14H22N2O3. The van der Waals surface area contributed by atoms with Gasteiger partial charge in [0.15, 0.2) is 6.23 Å². The van der Waals surface area contributed by atoms with Crippen molar-refractivity contribution < 1.29 is 14.3 Å². The first-order chi connectivity index (χ1) is 9.08. The Morgan fingerprint density at radius 3 is 2.84 bits per heavy atom. The highest BCUT2D eigenvalue weighted by Crippen LogP contribution is 2.23. The predicted octanol–water partition coefficient (Wildman–Crippen LogP) is 2.17. The van der Waals surface area contributed by atoms with E-state index < -0.39 is 5.97 Å². The third-order valence-electron chi connectivity index (χ3n) is 2.70. The second kappa shape index (κ2) is 7.63. The van der Waals surface area contributed by atoms with E-state index in [9.17, 15) is 4.79 Å². The van der Waals surface area contributed by atoms with Crippen molar-refractivity contribution in [3.63, 3.8) is 0 Å². The highest BCUT2D eigenvalue weighted by atomic mass is 16.6. The molecule has 1 aromatic carbocycles. The largest absolute Gasteiger partial charge is 0.491 e. The van der Waals surface area contributed by atoms with Crippen molar-refractivity contribution in [2.75, 3.05) is 19.4 Å². The molecule has 1 unspecified atom stereocenters. The average Bonchev–Trinajstić information content (AvgIpc) is 2.40. The van der Waals surface area contributed by atoms with Crippen molar-refractivity contribution in [3.8, 4) is 5.75 Å². The number of unbranched alkanes of at least 4 members (excludes halogenated alkanes) is 1. The van der Waals surface area contributed by atoms with Crippen LogP contribution in [-0.2, 0) is 4.74 Å². The lowest BCUT2D eigenvalue weighted by Crippen LogP contribution is -2.27. The van der Waals surface area contributed by atoms with Crippen LogP contribution in [0.5, 0.6) is 5.75 Å². The summed E-state index contributed by atoms with van der Waals surface area (Å²) in [6.45, 7) is 4.43. The Kier molecular flexibility index (Phi) is 6.15. The van der Waals surface area contributed by atoms with Crippen LogP contribution in [0.3, 0.4) is 0 Å². The number of nitrogen functional groups attached to an aromatic ring is 1. The fourth-order valence-corrected chi connectivity index (χ4v) is 1.40. The molecule has 0 saturated carbocycles. The number of benzene rings is 1. The van der Waals surface area contributed by atoms with Gasteiger partial charge in [-0.25, -0.2) is 4.79 Å². The van der Waals surface area contributed by atoms with Gasteiger partial charge < -0.3 is 15.2 Å². The first kappa shape index (κ1) is 15.3. The second-order valence-corrected chi connectivity index (χ2v) is 4.29. The van der Waals surface area contributed by atoms with Crippen LogP contribution < -0.4 is 15.8 Å². The van der Waals surface area contributed by atoms with Crippen LogP contribution in [0.25, 0.3) is 0 Å². The summed E-state index contributed by atoms with van der Waals surface area (Å²) in [6.07, 6.45) is 1.65. The van der Waals surface area contributed by atoms with Crippen LogP contribution in [0, 0.1) is 0 Å². The van der Waals surface area contributed by atoms with Gasteiger partial charge in [-0.05, 0) is 38.6 Å². The average molecular weight is 266 g/mol. The number of nitrogens with one attached hydrogen (secondary N) is 1. The number of hydrogen-bond acceptors (Lipinski definition) is 5. The van der Waals surface area contributed by atoms with Gasteiger partial charge in [0.1, 0.15) is 5.75 Å². The van der Waals surface area contributed by atoms with Crippen molar-refractivity contribution in [3.05, 3.63) is 23.8 Å². The number of carbonyl (C=O) groups is 1. The molecule has 0 radical (unpaired) electrons.